The van der Waals surface area contributed by atoms with Crippen LogP contribution < -0.4 is 11.1 Å². The standard InChI is InChI=1S/C12H24N2O3/c1-4-17-12(16)10(3)14-11(15)6-5-9(2)7-8-13/h9-10H,4-8,13H2,1-3H3,(H,14,15). The Balaban J connectivity index is 3.81. The van der Waals surface area contributed by atoms with Gasteiger partial charge in [-0.1, -0.05) is 6.92 Å². The lowest BCUT2D eigenvalue weighted by atomic mass is 10.0. The lowest BCUT2D eigenvalue weighted by Crippen LogP contribution is -2.39. The van der Waals surface area contributed by atoms with Crippen LogP contribution in [0.3, 0.4) is 0 Å². The number of amides is 1. The fraction of sp³-hybridized carbons (Fsp3) is 0.833. The predicted octanol–water partition coefficient (Wildman–Crippen LogP) is 0.819. The normalized spacial score (nSPS) is 13.9. The summed E-state index contributed by atoms with van der Waals surface area (Å²) in [5.74, 6) is -0.0751. The molecule has 0 spiro atoms. The number of carbonyl (C=O) groups excluding carboxylic acids is 2. The van der Waals surface area contributed by atoms with E-state index in [1.165, 1.54) is 0 Å². The van der Waals surface area contributed by atoms with E-state index in [0.29, 0.717) is 25.5 Å². The second kappa shape index (κ2) is 8.98. The maximum atomic E-state index is 11.5. The minimum atomic E-state index is -0.577. The summed E-state index contributed by atoms with van der Waals surface area (Å²) >= 11 is 0. The third-order valence-electron chi connectivity index (χ3n) is 2.54. The molecule has 0 fully saturated rings. The quantitative estimate of drug-likeness (QED) is 0.619. The number of nitrogens with one attached hydrogen (secondary N) is 1. The van der Waals surface area contributed by atoms with Crippen LogP contribution in [-0.4, -0.2) is 31.1 Å². The van der Waals surface area contributed by atoms with Crippen molar-refractivity contribution in [3.8, 4) is 0 Å². The van der Waals surface area contributed by atoms with Gasteiger partial charge in [0.15, 0.2) is 0 Å². The second-order valence-electron chi connectivity index (χ2n) is 4.26. The molecule has 0 saturated heterocycles. The van der Waals surface area contributed by atoms with Gasteiger partial charge >= 0.3 is 5.97 Å². The van der Waals surface area contributed by atoms with Crippen LogP contribution in [0.4, 0.5) is 0 Å². The SMILES string of the molecule is CCOC(=O)C(C)NC(=O)CCC(C)CCN. The fourth-order valence-electron chi connectivity index (χ4n) is 1.45. The molecule has 3 N–H and O–H groups in total. The first-order valence-corrected chi connectivity index (χ1v) is 6.17. The molecule has 0 saturated carbocycles. The summed E-state index contributed by atoms with van der Waals surface area (Å²) in [6, 6.07) is -0.577. The largest absolute Gasteiger partial charge is 0.464 e. The Morgan fingerprint density at radius 3 is 2.47 bits per heavy atom. The molecule has 0 bridgehead atoms. The van der Waals surface area contributed by atoms with Crippen LogP contribution in [0.5, 0.6) is 0 Å². The Bertz CT molecular complexity index is 244. The van der Waals surface area contributed by atoms with Crippen LogP contribution in [0.25, 0.3) is 0 Å². The number of ether oxygens (including phenoxy) is 1. The smallest absolute Gasteiger partial charge is 0.328 e. The van der Waals surface area contributed by atoms with E-state index < -0.39 is 12.0 Å². The van der Waals surface area contributed by atoms with Gasteiger partial charge in [0.1, 0.15) is 6.04 Å². The first-order valence-electron chi connectivity index (χ1n) is 6.17. The molecule has 0 aliphatic carbocycles. The van der Waals surface area contributed by atoms with Gasteiger partial charge in [-0.25, -0.2) is 4.79 Å². The van der Waals surface area contributed by atoms with Gasteiger partial charge in [-0.2, -0.15) is 0 Å². The molecule has 17 heavy (non-hydrogen) atoms. The Morgan fingerprint density at radius 1 is 1.29 bits per heavy atom. The summed E-state index contributed by atoms with van der Waals surface area (Å²) in [6.07, 6.45) is 2.13. The summed E-state index contributed by atoms with van der Waals surface area (Å²) < 4.78 is 4.80. The average molecular weight is 244 g/mol. The molecule has 5 heteroatoms. The minimum absolute atomic E-state index is 0.116. The number of rotatable bonds is 8. The highest BCUT2D eigenvalue weighted by atomic mass is 16.5. The number of esters is 1. The molecule has 0 aromatic carbocycles. The third kappa shape index (κ3) is 7.74. The highest BCUT2D eigenvalue weighted by Gasteiger charge is 2.16. The molecule has 0 aromatic rings. The van der Waals surface area contributed by atoms with E-state index in [0.717, 1.165) is 12.8 Å². The minimum Gasteiger partial charge on any atom is -0.464 e. The molecule has 0 radical (unpaired) electrons. The van der Waals surface area contributed by atoms with Crippen molar-refractivity contribution in [1.29, 1.82) is 0 Å². The summed E-state index contributed by atoms with van der Waals surface area (Å²) in [4.78, 5) is 22.8. The van der Waals surface area contributed by atoms with Crippen LogP contribution in [-0.2, 0) is 14.3 Å². The number of nitrogens with two attached hydrogens (primary N) is 1. The highest BCUT2D eigenvalue weighted by molar-refractivity contribution is 5.84. The van der Waals surface area contributed by atoms with Crippen molar-refractivity contribution in [3.63, 3.8) is 0 Å². The first kappa shape index (κ1) is 15.9. The van der Waals surface area contributed by atoms with E-state index in [1.54, 1.807) is 13.8 Å². The Hall–Kier alpha value is -1.10. The van der Waals surface area contributed by atoms with Crippen molar-refractivity contribution in [1.82, 2.24) is 5.32 Å². The summed E-state index contributed by atoms with van der Waals surface area (Å²) in [5.41, 5.74) is 5.43. The molecule has 0 rings (SSSR count). The molecule has 0 heterocycles. The lowest BCUT2D eigenvalue weighted by molar-refractivity contribution is -0.146. The van der Waals surface area contributed by atoms with Crippen LogP contribution in [0.15, 0.2) is 0 Å². The summed E-state index contributed by atoms with van der Waals surface area (Å²) in [6.45, 7) is 6.39. The van der Waals surface area contributed by atoms with Crippen LogP contribution in [0.1, 0.15) is 40.0 Å². The molecule has 5 nitrogen and oxygen atoms in total. The van der Waals surface area contributed by atoms with Crippen molar-refractivity contribution in [2.45, 2.75) is 46.1 Å². The molecular weight excluding hydrogens is 220 g/mol. The van der Waals surface area contributed by atoms with Crippen LogP contribution in [0.2, 0.25) is 0 Å². The molecule has 2 atom stereocenters. The number of carbonyl (C=O) groups is 2. The lowest BCUT2D eigenvalue weighted by Gasteiger charge is -2.14. The average Bonchev–Trinajstić information content (AvgIpc) is 2.27. The van der Waals surface area contributed by atoms with Gasteiger partial charge in [0.05, 0.1) is 6.61 Å². The van der Waals surface area contributed by atoms with E-state index in [1.807, 2.05) is 0 Å². The van der Waals surface area contributed by atoms with Crippen molar-refractivity contribution in [3.05, 3.63) is 0 Å². The van der Waals surface area contributed by atoms with Gasteiger partial charge in [0.2, 0.25) is 5.91 Å². The van der Waals surface area contributed by atoms with Crippen molar-refractivity contribution in [2.24, 2.45) is 11.7 Å². The van der Waals surface area contributed by atoms with Crippen LogP contribution >= 0.6 is 0 Å². The number of hydrogen-bond acceptors (Lipinski definition) is 4. The number of hydrogen-bond donors (Lipinski definition) is 2. The van der Waals surface area contributed by atoms with E-state index in [9.17, 15) is 9.59 Å². The van der Waals surface area contributed by atoms with Gasteiger partial charge in [0.25, 0.3) is 0 Å². The summed E-state index contributed by atoms with van der Waals surface area (Å²) in [7, 11) is 0. The van der Waals surface area contributed by atoms with Gasteiger partial charge in [-0.15, -0.1) is 0 Å². The molecule has 0 aliphatic heterocycles. The monoisotopic (exact) mass is 244 g/mol. The highest BCUT2D eigenvalue weighted by Crippen LogP contribution is 2.08. The zero-order chi connectivity index (χ0) is 13.3. The van der Waals surface area contributed by atoms with E-state index in [4.69, 9.17) is 10.5 Å². The molecule has 2 unspecified atom stereocenters. The predicted molar refractivity (Wildman–Crippen MR) is 66.3 cm³/mol. The molecule has 100 valence electrons. The maximum Gasteiger partial charge on any atom is 0.328 e. The zero-order valence-electron chi connectivity index (χ0n) is 11.0. The van der Waals surface area contributed by atoms with E-state index >= 15 is 0 Å². The third-order valence-corrected chi connectivity index (χ3v) is 2.54. The Morgan fingerprint density at radius 2 is 1.94 bits per heavy atom. The van der Waals surface area contributed by atoms with Crippen LogP contribution in [0, 0.1) is 5.92 Å². The van der Waals surface area contributed by atoms with Crippen molar-refractivity contribution < 1.29 is 14.3 Å². The van der Waals surface area contributed by atoms with Gasteiger partial charge in [0, 0.05) is 6.42 Å². The maximum absolute atomic E-state index is 11.5. The zero-order valence-corrected chi connectivity index (χ0v) is 11.0. The Kier molecular flexibility index (Phi) is 8.40. The van der Waals surface area contributed by atoms with Gasteiger partial charge in [-0.05, 0) is 39.2 Å². The molecular formula is C12H24N2O3. The fourth-order valence-corrected chi connectivity index (χ4v) is 1.45. The van der Waals surface area contributed by atoms with Gasteiger partial charge < -0.3 is 15.8 Å². The summed E-state index contributed by atoms with van der Waals surface area (Å²) in [5, 5.41) is 2.62. The van der Waals surface area contributed by atoms with E-state index in [2.05, 4.69) is 12.2 Å². The second-order valence-corrected chi connectivity index (χ2v) is 4.26. The Labute approximate surface area is 103 Å². The first-order chi connectivity index (χ1) is 8.01. The van der Waals surface area contributed by atoms with E-state index in [-0.39, 0.29) is 5.91 Å². The van der Waals surface area contributed by atoms with Gasteiger partial charge in [-0.3, -0.25) is 4.79 Å². The molecule has 1 amide bonds. The topological polar surface area (TPSA) is 81.4 Å². The van der Waals surface area contributed by atoms with Crippen molar-refractivity contribution >= 4 is 11.9 Å². The molecule has 0 aromatic heterocycles. The van der Waals surface area contributed by atoms with Crippen molar-refractivity contribution in [2.75, 3.05) is 13.2 Å². The molecule has 0 aliphatic rings.